The standard InChI is InChI=1S/C17H21N5O3.CH2O2/c1-18-16(23)11-4-5-15-19-7-12(22(15)9-11)8-20-17(24)13-6-14(25-21-13)10-2-3-10;2-1-3/h6-7,10-11H,2-5,8-9H2,1H3,(H,18,23)(H,20,24);1H,(H,2,3). The average Bonchev–Trinajstić information content (AvgIpc) is 3.29. The Morgan fingerprint density at radius 3 is 2.82 bits per heavy atom. The molecule has 1 saturated carbocycles. The van der Waals surface area contributed by atoms with Gasteiger partial charge in [0, 0.05) is 32.0 Å². The fourth-order valence-corrected chi connectivity index (χ4v) is 3.27. The monoisotopic (exact) mass is 389 g/mol. The predicted molar refractivity (Wildman–Crippen MR) is 96.4 cm³/mol. The summed E-state index contributed by atoms with van der Waals surface area (Å²) in [6.45, 7) is 0.688. The molecule has 2 aromatic heterocycles. The first kappa shape index (κ1) is 19.6. The molecule has 0 bridgehead atoms. The maximum absolute atomic E-state index is 12.3. The molecule has 10 nitrogen and oxygen atoms in total. The summed E-state index contributed by atoms with van der Waals surface area (Å²) < 4.78 is 7.25. The first-order chi connectivity index (χ1) is 13.6. The molecule has 10 heteroatoms. The van der Waals surface area contributed by atoms with Crippen molar-refractivity contribution in [3.05, 3.63) is 35.2 Å². The van der Waals surface area contributed by atoms with Crippen LogP contribution in [0.3, 0.4) is 0 Å². The van der Waals surface area contributed by atoms with E-state index in [4.69, 9.17) is 14.4 Å². The molecule has 2 aliphatic rings. The van der Waals surface area contributed by atoms with E-state index in [2.05, 4.69) is 20.8 Å². The smallest absolute Gasteiger partial charge is 0.290 e. The summed E-state index contributed by atoms with van der Waals surface area (Å²) in [5, 5.41) is 16.3. The van der Waals surface area contributed by atoms with Gasteiger partial charge in [0.25, 0.3) is 12.4 Å². The Morgan fingerprint density at radius 2 is 2.14 bits per heavy atom. The van der Waals surface area contributed by atoms with E-state index in [0.717, 1.165) is 43.0 Å². The number of carbonyl (C=O) groups is 3. The molecule has 1 fully saturated rings. The zero-order valence-electron chi connectivity index (χ0n) is 15.6. The second-order valence-electron chi connectivity index (χ2n) is 6.80. The minimum atomic E-state index is -0.259. The molecule has 0 saturated heterocycles. The van der Waals surface area contributed by atoms with E-state index in [-0.39, 0.29) is 24.2 Å². The topological polar surface area (TPSA) is 139 Å². The van der Waals surface area contributed by atoms with E-state index in [1.807, 2.05) is 4.57 Å². The van der Waals surface area contributed by atoms with E-state index in [1.165, 1.54) is 0 Å². The predicted octanol–water partition coefficient (Wildman–Crippen LogP) is 0.688. The lowest BCUT2D eigenvalue weighted by atomic mass is 9.98. The number of aryl methyl sites for hydroxylation is 1. The fourth-order valence-electron chi connectivity index (χ4n) is 3.27. The van der Waals surface area contributed by atoms with E-state index in [0.29, 0.717) is 24.7 Å². The quantitative estimate of drug-likeness (QED) is 0.639. The Kier molecular flexibility index (Phi) is 6.07. The molecule has 0 spiro atoms. The minimum absolute atomic E-state index is 0.0459. The van der Waals surface area contributed by atoms with Gasteiger partial charge in [-0.25, -0.2) is 4.98 Å². The number of aromatic nitrogens is 3. The minimum Gasteiger partial charge on any atom is -0.483 e. The third kappa shape index (κ3) is 4.38. The zero-order chi connectivity index (χ0) is 20.1. The summed E-state index contributed by atoms with van der Waals surface area (Å²) in [5.41, 5.74) is 1.20. The van der Waals surface area contributed by atoms with Crippen LogP contribution in [-0.4, -0.2) is 45.1 Å². The van der Waals surface area contributed by atoms with Gasteiger partial charge in [-0.3, -0.25) is 14.4 Å². The molecule has 4 rings (SSSR count). The molecular formula is C18H23N5O5. The highest BCUT2D eigenvalue weighted by molar-refractivity contribution is 5.92. The lowest BCUT2D eigenvalue weighted by Gasteiger charge is -2.24. The lowest BCUT2D eigenvalue weighted by Crippen LogP contribution is -2.35. The molecule has 3 N–H and O–H groups in total. The molecule has 0 aromatic carbocycles. The third-order valence-corrected chi connectivity index (χ3v) is 4.93. The number of carbonyl (C=O) groups excluding carboxylic acids is 2. The van der Waals surface area contributed by atoms with Crippen LogP contribution in [0.1, 0.15) is 52.9 Å². The number of rotatable bonds is 5. The summed E-state index contributed by atoms with van der Waals surface area (Å²) in [4.78, 5) is 36.9. The Hall–Kier alpha value is -3.17. The van der Waals surface area contributed by atoms with Crippen molar-refractivity contribution >= 4 is 18.3 Å². The number of amides is 2. The number of nitrogens with zero attached hydrogens (tertiary/aromatic N) is 3. The maximum atomic E-state index is 12.3. The van der Waals surface area contributed by atoms with E-state index < -0.39 is 0 Å². The van der Waals surface area contributed by atoms with Crippen LogP contribution in [0, 0.1) is 5.92 Å². The summed E-state index contributed by atoms with van der Waals surface area (Å²) in [6, 6.07) is 1.72. The highest BCUT2D eigenvalue weighted by Crippen LogP contribution is 2.40. The Labute approximate surface area is 161 Å². The number of fused-ring (bicyclic) bond motifs is 1. The Balaban J connectivity index is 0.000000706. The van der Waals surface area contributed by atoms with Crippen LogP contribution in [0.15, 0.2) is 16.8 Å². The number of imidazole rings is 1. The number of carboxylic acid groups (broad SMARTS) is 1. The molecule has 1 unspecified atom stereocenters. The zero-order valence-corrected chi connectivity index (χ0v) is 15.6. The van der Waals surface area contributed by atoms with Crippen molar-refractivity contribution in [2.45, 2.75) is 44.7 Å². The van der Waals surface area contributed by atoms with E-state index >= 15 is 0 Å². The van der Waals surface area contributed by atoms with Crippen molar-refractivity contribution in [3.8, 4) is 0 Å². The molecule has 2 aromatic rings. The van der Waals surface area contributed by atoms with Crippen molar-refractivity contribution in [1.29, 1.82) is 0 Å². The largest absolute Gasteiger partial charge is 0.483 e. The van der Waals surface area contributed by atoms with Crippen molar-refractivity contribution < 1.29 is 24.0 Å². The van der Waals surface area contributed by atoms with Crippen LogP contribution < -0.4 is 10.6 Å². The average molecular weight is 389 g/mol. The van der Waals surface area contributed by atoms with Crippen molar-refractivity contribution in [1.82, 2.24) is 25.3 Å². The molecule has 1 aliphatic heterocycles. The van der Waals surface area contributed by atoms with Gasteiger partial charge in [-0.2, -0.15) is 0 Å². The van der Waals surface area contributed by atoms with Crippen molar-refractivity contribution in [2.75, 3.05) is 7.05 Å². The highest BCUT2D eigenvalue weighted by atomic mass is 16.5. The van der Waals surface area contributed by atoms with Gasteiger partial charge in [0.05, 0.1) is 24.4 Å². The Morgan fingerprint density at radius 1 is 1.39 bits per heavy atom. The summed E-state index contributed by atoms with van der Waals surface area (Å²) in [6.07, 6.45) is 5.53. The SMILES string of the molecule is CNC(=O)C1CCc2ncc(CNC(=O)c3cc(C4CC4)on3)n2C1.O=CO. The summed E-state index contributed by atoms with van der Waals surface area (Å²) in [7, 11) is 1.65. The van der Waals surface area contributed by atoms with Crippen molar-refractivity contribution in [2.24, 2.45) is 5.92 Å². The van der Waals surface area contributed by atoms with E-state index in [1.54, 1.807) is 19.3 Å². The molecule has 3 heterocycles. The fraction of sp³-hybridized carbons (Fsp3) is 0.500. The van der Waals surface area contributed by atoms with Gasteiger partial charge in [-0.15, -0.1) is 0 Å². The van der Waals surface area contributed by atoms with Crippen LogP contribution in [0.25, 0.3) is 0 Å². The molecule has 1 atom stereocenters. The first-order valence-electron chi connectivity index (χ1n) is 9.14. The normalized spacial score (nSPS) is 17.7. The third-order valence-electron chi connectivity index (χ3n) is 4.93. The molecular weight excluding hydrogens is 366 g/mol. The van der Waals surface area contributed by atoms with Crippen LogP contribution in [0.2, 0.25) is 0 Å². The summed E-state index contributed by atoms with van der Waals surface area (Å²) in [5.74, 6) is 1.91. The van der Waals surface area contributed by atoms with Gasteiger partial charge in [0.15, 0.2) is 5.69 Å². The van der Waals surface area contributed by atoms with Crippen LogP contribution in [0.5, 0.6) is 0 Å². The highest BCUT2D eigenvalue weighted by Gasteiger charge is 2.29. The molecule has 28 heavy (non-hydrogen) atoms. The van der Waals surface area contributed by atoms with E-state index in [9.17, 15) is 9.59 Å². The van der Waals surface area contributed by atoms with Crippen LogP contribution >= 0.6 is 0 Å². The number of hydrogen-bond donors (Lipinski definition) is 3. The molecule has 0 radical (unpaired) electrons. The molecule has 1 aliphatic carbocycles. The van der Waals surface area contributed by atoms with Crippen LogP contribution in [0.4, 0.5) is 0 Å². The number of nitrogens with one attached hydrogen (secondary N) is 2. The second kappa shape index (κ2) is 8.68. The first-order valence-corrected chi connectivity index (χ1v) is 9.14. The van der Waals surface area contributed by atoms with Gasteiger partial charge in [-0.05, 0) is 19.3 Å². The number of hydrogen-bond acceptors (Lipinski definition) is 6. The van der Waals surface area contributed by atoms with Gasteiger partial charge < -0.3 is 24.8 Å². The van der Waals surface area contributed by atoms with Crippen molar-refractivity contribution in [3.63, 3.8) is 0 Å². The van der Waals surface area contributed by atoms with Crippen LogP contribution in [-0.2, 0) is 29.1 Å². The van der Waals surface area contributed by atoms with Gasteiger partial charge >= 0.3 is 0 Å². The Bertz CT molecular complexity index is 854. The van der Waals surface area contributed by atoms with Gasteiger partial charge in [0.2, 0.25) is 5.91 Å². The lowest BCUT2D eigenvalue weighted by molar-refractivity contribution is -0.125. The maximum Gasteiger partial charge on any atom is 0.290 e. The molecule has 150 valence electrons. The summed E-state index contributed by atoms with van der Waals surface area (Å²) >= 11 is 0. The van der Waals surface area contributed by atoms with Gasteiger partial charge in [-0.1, -0.05) is 5.16 Å². The molecule has 2 amide bonds. The second-order valence-corrected chi connectivity index (χ2v) is 6.80. The van der Waals surface area contributed by atoms with Gasteiger partial charge in [0.1, 0.15) is 11.6 Å².